The van der Waals surface area contributed by atoms with E-state index >= 15 is 0 Å². The summed E-state index contributed by atoms with van der Waals surface area (Å²) in [6, 6.07) is 11.8. The van der Waals surface area contributed by atoms with Crippen LogP contribution in [-0.4, -0.2) is 30.8 Å². The molecule has 1 aliphatic heterocycles. The average Bonchev–Trinajstić information content (AvgIpc) is 2.62. The summed E-state index contributed by atoms with van der Waals surface area (Å²) in [5, 5.41) is 3.29. The average molecular weight is 374 g/mol. The minimum atomic E-state index is -3.55. The molecule has 2 aromatic carbocycles. The zero-order chi connectivity index (χ0) is 18.7. The van der Waals surface area contributed by atoms with Crippen molar-refractivity contribution in [3.05, 3.63) is 58.7 Å². The van der Waals surface area contributed by atoms with Gasteiger partial charge in [0.05, 0.1) is 0 Å². The Hall–Kier alpha value is -1.81. The molecule has 1 saturated heterocycles. The molecule has 140 valence electrons. The molecule has 0 saturated carbocycles. The molecule has 1 aliphatic rings. The molecule has 0 amide bonds. The van der Waals surface area contributed by atoms with Gasteiger partial charge in [0.1, 0.15) is 11.5 Å². The Labute approximate surface area is 155 Å². The zero-order valence-corrected chi connectivity index (χ0v) is 16.8. The van der Waals surface area contributed by atoms with Gasteiger partial charge in [0.2, 0.25) is 0 Å². The van der Waals surface area contributed by atoms with Crippen molar-refractivity contribution >= 4 is 7.75 Å². The number of benzene rings is 2. The molecule has 6 heteroatoms. The molecule has 2 aromatic rings. The Balaban J connectivity index is 2.01. The van der Waals surface area contributed by atoms with Gasteiger partial charge in [0.25, 0.3) is 0 Å². The lowest BCUT2D eigenvalue weighted by atomic mass is 10.1. The molecule has 0 aliphatic carbocycles. The number of piperazine rings is 1. The quantitative estimate of drug-likeness (QED) is 0.787. The van der Waals surface area contributed by atoms with Gasteiger partial charge in [0.15, 0.2) is 0 Å². The van der Waals surface area contributed by atoms with Crippen LogP contribution in [0.4, 0.5) is 0 Å². The number of nitrogens with one attached hydrogen (secondary N) is 1. The third kappa shape index (κ3) is 3.96. The van der Waals surface area contributed by atoms with Gasteiger partial charge in [-0.1, -0.05) is 36.4 Å². The fourth-order valence-electron chi connectivity index (χ4n) is 3.15. The Kier molecular flexibility index (Phi) is 5.71. The highest BCUT2D eigenvalue weighted by Crippen LogP contribution is 2.54. The summed E-state index contributed by atoms with van der Waals surface area (Å²) in [4.78, 5) is 0. The minimum Gasteiger partial charge on any atom is -0.404 e. The zero-order valence-electron chi connectivity index (χ0n) is 15.9. The van der Waals surface area contributed by atoms with Crippen molar-refractivity contribution < 1.29 is 13.6 Å². The van der Waals surface area contributed by atoms with Crippen LogP contribution >= 0.6 is 7.75 Å². The maximum atomic E-state index is 14.0. The predicted molar refractivity (Wildman–Crippen MR) is 105 cm³/mol. The number of hydrogen-bond acceptors (Lipinski definition) is 4. The van der Waals surface area contributed by atoms with Crippen molar-refractivity contribution in [2.75, 3.05) is 26.2 Å². The van der Waals surface area contributed by atoms with Crippen LogP contribution in [0.2, 0.25) is 0 Å². The molecular weight excluding hydrogens is 347 g/mol. The van der Waals surface area contributed by atoms with Gasteiger partial charge in [-0.05, 0) is 49.9 Å². The first kappa shape index (κ1) is 19.0. The Morgan fingerprint density at radius 1 is 0.808 bits per heavy atom. The van der Waals surface area contributed by atoms with E-state index < -0.39 is 7.75 Å². The predicted octanol–water partition coefficient (Wildman–Crippen LogP) is 4.39. The van der Waals surface area contributed by atoms with Crippen molar-refractivity contribution in [3.63, 3.8) is 0 Å². The van der Waals surface area contributed by atoms with Crippen LogP contribution in [0.25, 0.3) is 0 Å². The molecule has 5 nitrogen and oxygen atoms in total. The standard InChI is InChI=1S/C20H27N2O3P/c1-15-7-5-8-16(2)19(15)24-26(23,22-13-11-21-12-14-22)25-20-17(3)9-6-10-18(20)4/h5-10,21H,11-14H2,1-4H3. The van der Waals surface area contributed by atoms with Crippen molar-refractivity contribution in [1.82, 2.24) is 9.99 Å². The first-order valence-electron chi connectivity index (χ1n) is 8.98. The normalized spacial score (nSPS) is 15.7. The van der Waals surface area contributed by atoms with E-state index in [9.17, 15) is 4.57 Å². The summed E-state index contributed by atoms with van der Waals surface area (Å²) >= 11 is 0. The number of rotatable bonds is 5. The number of para-hydroxylation sites is 2. The molecule has 1 fully saturated rings. The molecule has 0 atom stereocenters. The monoisotopic (exact) mass is 374 g/mol. The van der Waals surface area contributed by atoms with Gasteiger partial charge in [-0.3, -0.25) is 0 Å². The van der Waals surface area contributed by atoms with Crippen LogP contribution in [0, 0.1) is 27.7 Å². The highest BCUT2D eigenvalue weighted by atomic mass is 31.2. The van der Waals surface area contributed by atoms with Gasteiger partial charge in [-0.2, -0.15) is 4.67 Å². The largest absolute Gasteiger partial charge is 0.515 e. The van der Waals surface area contributed by atoms with Gasteiger partial charge >= 0.3 is 7.75 Å². The second-order valence-electron chi connectivity index (χ2n) is 6.80. The van der Waals surface area contributed by atoms with Gasteiger partial charge < -0.3 is 14.4 Å². The maximum absolute atomic E-state index is 14.0. The second-order valence-corrected chi connectivity index (χ2v) is 8.66. The van der Waals surface area contributed by atoms with Crippen molar-refractivity contribution in [2.24, 2.45) is 0 Å². The number of aryl methyl sites for hydroxylation is 4. The smallest absolute Gasteiger partial charge is 0.404 e. The lowest BCUT2D eigenvalue weighted by Crippen LogP contribution is -2.43. The van der Waals surface area contributed by atoms with Crippen molar-refractivity contribution in [1.29, 1.82) is 0 Å². The highest BCUT2D eigenvalue weighted by Gasteiger charge is 2.39. The molecule has 26 heavy (non-hydrogen) atoms. The molecule has 0 radical (unpaired) electrons. The van der Waals surface area contributed by atoms with Crippen LogP contribution in [0.15, 0.2) is 36.4 Å². The topological polar surface area (TPSA) is 50.8 Å². The molecule has 0 aromatic heterocycles. The molecule has 0 spiro atoms. The fourth-order valence-corrected chi connectivity index (χ4v) is 5.14. The van der Waals surface area contributed by atoms with E-state index in [-0.39, 0.29) is 0 Å². The second kappa shape index (κ2) is 7.83. The molecular formula is C20H27N2O3P. The van der Waals surface area contributed by atoms with Gasteiger partial charge in [-0.25, -0.2) is 4.57 Å². The summed E-state index contributed by atoms with van der Waals surface area (Å²) in [5.41, 5.74) is 3.80. The lowest BCUT2D eigenvalue weighted by molar-refractivity contribution is 0.262. The van der Waals surface area contributed by atoms with Crippen LogP contribution in [0.1, 0.15) is 22.3 Å². The summed E-state index contributed by atoms with van der Waals surface area (Å²) in [7, 11) is -3.55. The van der Waals surface area contributed by atoms with Crippen LogP contribution in [-0.2, 0) is 4.57 Å². The molecule has 0 bridgehead atoms. The van der Waals surface area contributed by atoms with E-state index in [4.69, 9.17) is 9.05 Å². The van der Waals surface area contributed by atoms with E-state index in [0.29, 0.717) is 24.6 Å². The van der Waals surface area contributed by atoms with Crippen molar-refractivity contribution in [2.45, 2.75) is 27.7 Å². The summed E-state index contributed by atoms with van der Waals surface area (Å²) in [5.74, 6) is 1.28. The molecule has 0 unspecified atom stereocenters. The highest BCUT2D eigenvalue weighted by molar-refractivity contribution is 7.52. The summed E-state index contributed by atoms with van der Waals surface area (Å²) in [6.45, 7) is 10.6. The van der Waals surface area contributed by atoms with Crippen LogP contribution in [0.5, 0.6) is 11.5 Å². The number of nitrogens with zero attached hydrogens (tertiary/aromatic N) is 1. The Morgan fingerprint density at radius 3 is 1.58 bits per heavy atom. The molecule has 1 N–H and O–H groups in total. The molecule has 1 heterocycles. The SMILES string of the molecule is Cc1cccc(C)c1OP(=O)(Oc1c(C)cccc1C)N1CCNCC1. The summed E-state index contributed by atoms with van der Waals surface area (Å²) in [6.07, 6.45) is 0. The van der Waals surface area contributed by atoms with E-state index in [1.807, 2.05) is 68.8 Å². The minimum absolute atomic E-state index is 0.618. The third-order valence-corrected chi connectivity index (χ3v) is 6.59. The maximum Gasteiger partial charge on any atom is 0.515 e. The van der Waals surface area contributed by atoms with E-state index in [1.165, 1.54) is 0 Å². The Bertz CT molecular complexity index is 734. The van der Waals surface area contributed by atoms with Crippen LogP contribution in [0.3, 0.4) is 0 Å². The van der Waals surface area contributed by atoms with Gasteiger partial charge in [-0.15, -0.1) is 0 Å². The van der Waals surface area contributed by atoms with Gasteiger partial charge in [0, 0.05) is 26.2 Å². The molecule has 3 rings (SSSR count). The van der Waals surface area contributed by atoms with E-state index in [2.05, 4.69) is 5.32 Å². The van der Waals surface area contributed by atoms with E-state index in [0.717, 1.165) is 35.3 Å². The fraction of sp³-hybridized carbons (Fsp3) is 0.400. The third-order valence-electron chi connectivity index (χ3n) is 4.67. The van der Waals surface area contributed by atoms with Crippen LogP contribution < -0.4 is 14.4 Å². The first-order valence-corrected chi connectivity index (χ1v) is 10.5. The van der Waals surface area contributed by atoms with E-state index in [1.54, 1.807) is 0 Å². The Morgan fingerprint density at radius 2 is 1.19 bits per heavy atom. The number of hydrogen-bond donors (Lipinski definition) is 1. The van der Waals surface area contributed by atoms with Crippen molar-refractivity contribution in [3.8, 4) is 11.5 Å². The summed E-state index contributed by atoms with van der Waals surface area (Å²) < 4.78 is 28.1. The lowest BCUT2D eigenvalue weighted by Gasteiger charge is -2.34. The first-order chi connectivity index (χ1) is 12.4.